The lowest BCUT2D eigenvalue weighted by Gasteiger charge is -2.33. The number of unbranched alkanes of at least 4 members (excludes halogenated alkanes) is 16. The van der Waals surface area contributed by atoms with Gasteiger partial charge in [-0.3, -0.25) is 0 Å². The van der Waals surface area contributed by atoms with Crippen LogP contribution in [0.25, 0.3) is 44.5 Å². The molecule has 1 aliphatic carbocycles. The molecule has 8 aromatic carbocycles. The molecule has 12 heteroatoms. The molecular weight excluding hydrogens is 1250 g/mol. The first-order valence-corrected chi connectivity index (χ1v) is 38.2. The topological polar surface area (TPSA) is 155 Å². The van der Waals surface area contributed by atoms with Gasteiger partial charge in [-0.1, -0.05) is 205 Å². The van der Waals surface area contributed by atoms with Crippen molar-refractivity contribution in [3.63, 3.8) is 0 Å². The van der Waals surface area contributed by atoms with Crippen LogP contribution in [0.5, 0.6) is 69.0 Å². The molecule has 8 bridgehead atoms. The lowest BCUT2D eigenvalue weighted by molar-refractivity contribution is 0.206. The van der Waals surface area contributed by atoms with Crippen LogP contribution in [0.2, 0.25) is 0 Å². The van der Waals surface area contributed by atoms with Crippen LogP contribution in [0.15, 0.2) is 121 Å². The van der Waals surface area contributed by atoms with Gasteiger partial charge in [0.2, 0.25) is 0 Å². The van der Waals surface area contributed by atoms with Gasteiger partial charge < -0.3 is 58.3 Å². The number of hydrogen-bond acceptors (Lipinski definition) is 12. The zero-order chi connectivity index (χ0) is 68.9. The Labute approximate surface area is 592 Å². The monoisotopic (exact) mass is 1350 g/mol. The van der Waals surface area contributed by atoms with Gasteiger partial charge in [-0.2, -0.15) is 0 Å². The molecule has 0 aromatic heterocycles. The number of ether oxygens (including phenoxy) is 8. The van der Waals surface area contributed by atoms with Crippen molar-refractivity contribution in [1.82, 2.24) is 0 Å². The Morgan fingerprint density at radius 3 is 0.550 bits per heavy atom. The molecule has 0 spiro atoms. The Bertz CT molecular complexity index is 3390. The predicted octanol–water partition coefficient (Wildman–Crippen LogP) is 22.5. The summed E-state index contributed by atoms with van der Waals surface area (Å²) in [7, 11) is 0. The third-order valence-electron chi connectivity index (χ3n) is 21.5. The molecule has 0 amide bonds. The first-order valence-electron chi connectivity index (χ1n) is 38.2. The maximum Gasteiger partial charge on any atom is 0.134 e. The van der Waals surface area contributed by atoms with Gasteiger partial charge in [0.25, 0.3) is 0 Å². The minimum Gasteiger partial charge on any atom is -0.508 e. The smallest absolute Gasteiger partial charge is 0.134 e. The number of aromatic hydroxyl groups is 4. The zero-order valence-corrected chi connectivity index (χ0v) is 59.5. The van der Waals surface area contributed by atoms with Crippen molar-refractivity contribution in [3.8, 4) is 114 Å². The molecule has 0 atom stereocenters. The highest BCUT2D eigenvalue weighted by atomic mass is 16.5. The molecule has 528 valence electrons. The van der Waals surface area contributed by atoms with Gasteiger partial charge in [-0.25, -0.2) is 0 Å². The summed E-state index contributed by atoms with van der Waals surface area (Å²) in [6.07, 6.45) is 24.3. The van der Waals surface area contributed by atoms with Crippen molar-refractivity contribution in [2.24, 2.45) is 0 Å². The minimum absolute atomic E-state index is 0.163. The van der Waals surface area contributed by atoms with E-state index in [9.17, 15) is 20.4 Å². The van der Waals surface area contributed by atoms with Crippen LogP contribution in [-0.2, 0) is 0 Å². The summed E-state index contributed by atoms with van der Waals surface area (Å²) in [5, 5.41) is 44.7. The normalized spacial score (nSPS) is 17.2. The van der Waals surface area contributed by atoms with Gasteiger partial charge in [-0.15, -0.1) is 0 Å². The van der Waals surface area contributed by atoms with Crippen molar-refractivity contribution in [2.75, 3.05) is 52.9 Å². The number of benzene rings is 8. The lowest BCUT2D eigenvalue weighted by Crippen LogP contribution is -2.15. The van der Waals surface area contributed by atoms with Crippen LogP contribution in [0.3, 0.4) is 0 Å². The second kappa shape index (κ2) is 33.2. The van der Waals surface area contributed by atoms with Crippen LogP contribution >= 0.6 is 0 Å². The zero-order valence-electron chi connectivity index (χ0n) is 59.5. The van der Waals surface area contributed by atoms with E-state index < -0.39 is 0 Å². The van der Waals surface area contributed by atoms with E-state index in [1.807, 2.05) is 48.5 Å². The Morgan fingerprint density at radius 1 is 0.230 bits per heavy atom. The second-order valence-electron chi connectivity index (χ2n) is 28.4. The van der Waals surface area contributed by atoms with Gasteiger partial charge in [0.05, 0.1) is 22.3 Å². The van der Waals surface area contributed by atoms with E-state index >= 15 is 0 Å². The summed E-state index contributed by atoms with van der Waals surface area (Å²) < 4.78 is 60.0. The SMILES string of the molecule is CCCCCCCC1c2cc3c4c(-c5ccc(O)cc5)c2OCCOc2c1cc1c(c2-c2ccc(O)cc2)OCCOc2c(cc5c(c2-c2ccc(O)cc2)OCCOc2c(cc(c(c2-c2ccc(O)cc2)OCCO4)C3CCCCCCC)C5CCCCCCC)C1CCCCCCC. The molecule has 0 radical (unpaired) electrons. The Kier molecular flexibility index (Phi) is 23.2. The van der Waals surface area contributed by atoms with Crippen molar-refractivity contribution >= 4 is 0 Å². The van der Waals surface area contributed by atoms with Crippen LogP contribution < -0.4 is 37.9 Å². The van der Waals surface area contributed by atoms with E-state index in [4.69, 9.17) is 37.9 Å². The number of phenols is 4. The number of rotatable bonds is 28. The number of phenolic OH excluding ortho intramolecular Hbond substituents is 4. The summed E-state index contributed by atoms with van der Waals surface area (Å²) in [4.78, 5) is 0. The Morgan fingerprint density at radius 2 is 0.390 bits per heavy atom. The highest BCUT2D eigenvalue weighted by Gasteiger charge is 2.42. The average Bonchev–Trinajstić information content (AvgIpc) is 0.987. The molecule has 4 heterocycles. The quantitative estimate of drug-likeness (QED) is 0.0345. The van der Waals surface area contributed by atoms with Gasteiger partial charge in [0.15, 0.2) is 0 Å². The lowest BCUT2D eigenvalue weighted by atomic mass is 9.73. The average molecular weight is 1350 g/mol. The summed E-state index contributed by atoms with van der Waals surface area (Å²) in [6, 6.07) is 40.1. The van der Waals surface area contributed by atoms with Crippen LogP contribution in [0.4, 0.5) is 0 Å². The van der Waals surface area contributed by atoms with Gasteiger partial charge >= 0.3 is 0 Å². The molecule has 100 heavy (non-hydrogen) atoms. The van der Waals surface area contributed by atoms with E-state index in [1.165, 1.54) is 0 Å². The summed E-state index contributed by atoms with van der Waals surface area (Å²) >= 11 is 0. The van der Waals surface area contributed by atoms with Crippen LogP contribution in [-0.4, -0.2) is 73.3 Å². The summed E-state index contributed by atoms with van der Waals surface area (Å²) in [5.41, 5.74) is 15.0. The Hall–Kier alpha value is -8.64. The fourth-order valence-electron chi connectivity index (χ4n) is 16.5. The minimum atomic E-state index is -0.328. The van der Waals surface area contributed by atoms with Crippen molar-refractivity contribution in [3.05, 3.63) is 166 Å². The predicted molar refractivity (Wildman–Crippen MR) is 399 cm³/mol. The molecule has 5 aliphatic rings. The van der Waals surface area contributed by atoms with Crippen molar-refractivity contribution in [1.29, 1.82) is 0 Å². The van der Waals surface area contributed by atoms with Gasteiger partial charge in [0.1, 0.15) is 122 Å². The fraction of sp³-hybridized carbons (Fsp3) is 0.455. The number of hydrogen-bond donors (Lipinski definition) is 4. The van der Waals surface area contributed by atoms with E-state index in [-0.39, 0.29) is 99.5 Å². The third-order valence-corrected chi connectivity index (χ3v) is 21.5. The highest BCUT2D eigenvalue weighted by Crippen LogP contribution is 2.62. The molecule has 0 saturated heterocycles. The molecular formula is C88H104O12. The van der Waals surface area contributed by atoms with Crippen LogP contribution in [0, 0.1) is 0 Å². The fourth-order valence-corrected chi connectivity index (χ4v) is 16.5. The highest BCUT2D eigenvalue weighted by molar-refractivity contribution is 5.88. The first kappa shape index (κ1) is 69.8. The maximum absolute atomic E-state index is 11.2. The summed E-state index contributed by atoms with van der Waals surface area (Å²) in [5.74, 6) is 5.17. The van der Waals surface area contributed by atoms with Gasteiger partial charge in [0, 0.05) is 68.2 Å². The molecule has 0 unspecified atom stereocenters. The van der Waals surface area contributed by atoms with E-state index in [2.05, 4.69) is 52.0 Å². The van der Waals surface area contributed by atoms with E-state index in [1.54, 1.807) is 48.5 Å². The molecule has 8 aromatic rings. The maximum atomic E-state index is 11.2. The van der Waals surface area contributed by atoms with E-state index in [0.29, 0.717) is 0 Å². The molecule has 4 N–H and O–H groups in total. The largest absolute Gasteiger partial charge is 0.508 e. The van der Waals surface area contributed by atoms with E-state index in [0.717, 1.165) is 289 Å². The first-order chi connectivity index (χ1) is 49.2. The Balaban J connectivity index is 1.26. The summed E-state index contributed by atoms with van der Waals surface area (Å²) in [6.45, 7) is 10.7. The molecule has 12 nitrogen and oxygen atoms in total. The molecule has 0 fully saturated rings. The third kappa shape index (κ3) is 15.0. The molecule has 0 saturated carbocycles. The molecule has 4 aliphatic heterocycles. The van der Waals surface area contributed by atoms with Gasteiger partial charge in [-0.05, 0) is 121 Å². The van der Waals surface area contributed by atoms with Crippen LogP contribution in [0.1, 0.15) is 250 Å². The van der Waals surface area contributed by atoms with Crippen molar-refractivity contribution in [2.45, 2.75) is 205 Å². The second-order valence-corrected chi connectivity index (χ2v) is 28.4. The van der Waals surface area contributed by atoms with Crippen molar-refractivity contribution < 1.29 is 58.3 Å². The standard InChI is InChI=1S/C88H104O12/c1-5-9-13-17-21-25-65-69-53-71-66(26-22-18-14-10-6-2)73-55-75-68(28-24-20-16-12-8-4)76-56-74-67(27-23-19-15-11-7-3)72-54-70(65)82-78(58-31-39-62(90)40-32-58)84(72)96-48-50-98-86(74)80(60-35-43-64(92)44-36-60)88(76)100-52-51-99-87(75)79(59-33-41-63(91)42-34-59)85(73)97-49-47-95-83(71)77(81(69)93-45-46-94-82)57-29-37-61(89)38-30-57/h29-44,53-56,65-68,89-92H,5-28,45-52H2,1-4H3. The molecule has 13 rings (SSSR count).